The number of allylic oxidation sites excluding steroid dienone is 1. The molecule has 7 nitrogen and oxygen atoms in total. The van der Waals surface area contributed by atoms with Crippen molar-refractivity contribution in [1.29, 1.82) is 0 Å². The van der Waals surface area contributed by atoms with E-state index in [9.17, 15) is 18.0 Å². The van der Waals surface area contributed by atoms with Gasteiger partial charge in [0.05, 0.1) is 17.5 Å². The van der Waals surface area contributed by atoms with Crippen LogP contribution in [0.1, 0.15) is 5.56 Å². The highest BCUT2D eigenvalue weighted by atomic mass is 35.5. The van der Waals surface area contributed by atoms with E-state index in [1.165, 1.54) is 18.3 Å². The number of piperazine rings is 1. The maximum absolute atomic E-state index is 13.1. The zero-order valence-corrected chi connectivity index (χ0v) is 19.3. The van der Waals surface area contributed by atoms with Crippen molar-refractivity contribution >= 4 is 46.7 Å². The molecular formula is C24H22ClF3N6O. The van der Waals surface area contributed by atoms with Crippen LogP contribution < -0.4 is 20.4 Å². The third kappa shape index (κ3) is 6.02. The van der Waals surface area contributed by atoms with Gasteiger partial charge in [0.15, 0.2) is 12.1 Å². The summed E-state index contributed by atoms with van der Waals surface area (Å²) in [5, 5.41) is 6.36. The first kappa shape index (κ1) is 24.3. The number of aldehydes is 1. The number of benzene rings is 2. The average Bonchev–Trinajstić information content (AvgIpc) is 2.86. The minimum atomic E-state index is -4.38. The number of alkyl halides is 3. The topological polar surface area (TPSA) is 73.4 Å². The summed E-state index contributed by atoms with van der Waals surface area (Å²) in [5.41, 5.74) is 1.57. The van der Waals surface area contributed by atoms with Gasteiger partial charge >= 0.3 is 6.18 Å². The minimum Gasteiger partial charge on any atom is -0.368 e. The third-order valence-corrected chi connectivity index (χ3v) is 5.70. The number of anilines is 5. The lowest BCUT2D eigenvalue weighted by atomic mass is 10.1. The van der Waals surface area contributed by atoms with Gasteiger partial charge in [-0.15, -0.1) is 0 Å². The molecule has 3 aromatic rings. The Morgan fingerprint density at radius 2 is 1.69 bits per heavy atom. The van der Waals surface area contributed by atoms with Gasteiger partial charge in [-0.3, -0.25) is 4.79 Å². The summed E-state index contributed by atoms with van der Waals surface area (Å²) in [5.74, 6) is 0.899. The van der Waals surface area contributed by atoms with Gasteiger partial charge in [0.25, 0.3) is 0 Å². The first-order valence-corrected chi connectivity index (χ1v) is 11.1. The summed E-state index contributed by atoms with van der Waals surface area (Å²) in [6.07, 6.45) is -2.24. The van der Waals surface area contributed by atoms with Crippen LogP contribution in [-0.2, 0) is 11.0 Å². The molecule has 0 unspecified atom stereocenters. The van der Waals surface area contributed by atoms with E-state index in [0.29, 0.717) is 60.6 Å². The van der Waals surface area contributed by atoms with E-state index in [2.05, 4.69) is 27.2 Å². The van der Waals surface area contributed by atoms with E-state index >= 15 is 0 Å². The fraction of sp³-hybridized carbons (Fsp3) is 0.208. The SMILES string of the molecule is C=C(C=O)Nc1ccc(Nc2ncc(Cl)c(N3CCN(c4cccc(C(F)(F)F)c4)CC3)n2)cc1. The molecule has 0 radical (unpaired) electrons. The maximum atomic E-state index is 13.1. The van der Waals surface area contributed by atoms with Crippen LogP contribution in [0.4, 0.5) is 42.0 Å². The molecule has 0 atom stereocenters. The van der Waals surface area contributed by atoms with Gasteiger partial charge in [-0.25, -0.2) is 4.98 Å². The highest BCUT2D eigenvalue weighted by Gasteiger charge is 2.31. The highest BCUT2D eigenvalue weighted by molar-refractivity contribution is 6.32. The molecule has 1 aliphatic rings. The Labute approximate surface area is 205 Å². The quantitative estimate of drug-likeness (QED) is 0.333. The number of nitrogens with one attached hydrogen (secondary N) is 2. The average molecular weight is 503 g/mol. The predicted molar refractivity (Wildman–Crippen MR) is 131 cm³/mol. The fourth-order valence-electron chi connectivity index (χ4n) is 3.68. The van der Waals surface area contributed by atoms with Crippen LogP contribution in [0.3, 0.4) is 0 Å². The summed E-state index contributed by atoms with van der Waals surface area (Å²) in [7, 11) is 0. The van der Waals surface area contributed by atoms with Crippen LogP contribution in [0.2, 0.25) is 5.02 Å². The Bertz CT molecular complexity index is 1210. The van der Waals surface area contributed by atoms with Crippen molar-refractivity contribution in [3.63, 3.8) is 0 Å². The van der Waals surface area contributed by atoms with Crippen molar-refractivity contribution in [3.05, 3.63) is 77.6 Å². The molecule has 1 saturated heterocycles. The Kier molecular flexibility index (Phi) is 7.11. The molecule has 2 heterocycles. The van der Waals surface area contributed by atoms with Crippen LogP contribution in [0.25, 0.3) is 0 Å². The van der Waals surface area contributed by atoms with Crippen LogP contribution in [0.5, 0.6) is 0 Å². The monoisotopic (exact) mass is 502 g/mol. The Morgan fingerprint density at radius 3 is 2.34 bits per heavy atom. The van der Waals surface area contributed by atoms with Crippen LogP contribution in [0.15, 0.2) is 67.0 Å². The molecule has 4 rings (SSSR count). The number of nitrogens with zero attached hydrogens (tertiary/aromatic N) is 4. The summed E-state index contributed by atoms with van der Waals surface area (Å²) in [4.78, 5) is 23.4. The zero-order valence-electron chi connectivity index (χ0n) is 18.5. The van der Waals surface area contributed by atoms with Gasteiger partial charge in [-0.2, -0.15) is 18.2 Å². The second-order valence-electron chi connectivity index (χ2n) is 7.86. The van der Waals surface area contributed by atoms with Gasteiger partial charge < -0.3 is 20.4 Å². The smallest absolute Gasteiger partial charge is 0.368 e. The Morgan fingerprint density at radius 1 is 1.03 bits per heavy atom. The minimum absolute atomic E-state index is 0.254. The van der Waals surface area contributed by atoms with Crippen molar-refractivity contribution in [3.8, 4) is 0 Å². The van der Waals surface area contributed by atoms with Gasteiger partial charge in [-0.05, 0) is 42.5 Å². The van der Waals surface area contributed by atoms with Crippen molar-refractivity contribution in [1.82, 2.24) is 9.97 Å². The number of aromatic nitrogens is 2. The standard InChI is InChI=1S/C24H22ClF3N6O/c1-16(15-35)30-18-5-7-19(8-6-18)31-23-29-14-21(25)22(32-23)34-11-9-33(10-12-34)20-4-2-3-17(13-20)24(26,27)28/h2-8,13-15,30H,1,9-12H2,(H,29,31,32). The molecule has 1 fully saturated rings. The van der Waals surface area contributed by atoms with E-state index in [0.717, 1.165) is 11.8 Å². The number of halogens is 4. The molecule has 11 heteroatoms. The largest absolute Gasteiger partial charge is 0.416 e. The number of carbonyl (C=O) groups is 1. The van der Waals surface area contributed by atoms with Crippen molar-refractivity contribution in [2.24, 2.45) is 0 Å². The number of hydrogen-bond acceptors (Lipinski definition) is 7. The first-order valence-electron chi connectivity index (χ1n) is 10.7. The summed E-state index contributed by atoms with van der Waals surface area (Å²) in [6, 6.07) is 12.5. The maximum Gasteiger partial charge on any atom is 0.416 e. The van der Waals surface area contributed by atoms with Gasteiger partial charge in [0.2, 0.25) is 5.95 Å². The normalized spacial score (nSPS) is 13.9. The van der Waals surface area contributed by atoms with Gasteiger partial charge in [0, 0.05) is 43.2 Å². The first-order chi connectivity index (χ1) is 16.7. The van der Waals surface area contributed by atoms with Crippen molar-refractivity contribution < 1.29 is 18.0 Å². The lowest BCUT2D eigenvalue weighted by Gasteiger charge is -2.37. The fourth-order valence-corrected chi connectivity index (χ4v) is 3.89. The molecule has 2 N–H and O–H groups in total. The molecular weight excluding hydrogens is 481 g/mol. The van der Waals surface area contributed by atoms with Gasteiger partial charge in [-0.1, -0.05) is 24.2 Å². The van der Waals surface area contributed by atoms with Crippen LogP contribution in [-0.4, -0.2) is 42.4 Å². The van der Waals surface area contributed by atoms with E-state index in [1.807, 2.05) is 9.80 Å². The Balaban J connectivity index is 1.42. The molecule has 2 aromatic carbocycles. The van der Waals surface area contributed by atoms with E-state index in [1.54, 1.807) is 30.3 Å². The zero-order chi connectivity index (χ0) is 25.0. The van der Waals surface area contributed by atoms with Crippen molar-refractivity contribution in [2.45, 2.75) is 6.18 Å². The molecule has 1 aliphatic heterocycles. The van der Waals surface area contributed by atoms with E-state index in [4.69, 9.17) is 11.6 Å². The summed E-state index contributed by atoms with van der Waals surface area (Å²) in [6.45, 7) is 5.68. The van der Waals surface area contributed by atoms with Crippen LogP contribution >= 0.6 is 11.6 Å². The van der Waals surface area contributed by atoms with Gasteiger partial charge in [0.1, 0.15) is 5.02 Å². The molecule has 1 aromatic heterocycles. The number of carbonyl (C=O) groups excluding carboxylic acids is 1. The predicted octanol–water partition coefficient (Wildman–Crippen LogP) is 5.34. The lowest BCUT2D eigenvalue weighted by molar-refractivity contribution is -0.137. The second-order valence-corrected chi connectivity index (χ2v) is 8.26. The summed E-state index contributed by atoms with van der Waals surface area (Å²) < 4.78 is 39.2. The molecule has 182 valence electrons. The molecule has 0 amide bonds. The van der Waals surface area contributed by atoms with E-state index < -0.39 is 11.7 Å². The molecule has 0 saturated carbocycles. The lowest BCUT2D eigenvalue weighted by Crippen LogP contribution is -2.47. The number of hydrogen-bond donors (Lipinski definition) is 2. The molecule has 0 aliphatic carbocycles. The second kappa shape index (κ2) is 10.2. The van der Waals surface area contributed by atoms with Crippen molar-refractivity contribution in [2.75, 3.05) is 46.6 Å². The third-order valence-electron chi connectivity index (χ3n) is 5.43. The Hall–Kier alpha value is -3.79. The molecule has 35 heavy (non-hydrogen) atoms. The molecule has 0 bridgehead atoms. The number of rotatable bonds is 7. The highest BCUT2D eigenvalue weighted by Crippen LogP contribution is 2.32. The van der Waals surface area contributed by atoms with E-state index in [-0.39, 0.29) is 5.70 Å². The van der Waals surface area contributed by atoms with Crippen LogP contribution in [0, 0.1) is 0 Å². The molecule has 0 spiro atoms. The summed E-state index contributed by atoms with van der Waals surface area (Å²) >= 11 is 6.36.